The number of aliphatic hydroxyl groups is 1. The van der Waals surface area contributed by atoms with Gasteiger partial charge in [-0.15, -0.1) is 0 Å². The molecule has 3 aromatic carbocycles. The van der Waals surface area contributed by atoms with Gasteiger partial charge in [0.1, 0.15) is 0 Å². The molecular formula is C27H23NO3. The molecule has 4 heteroatoms. The summed E-state index contributed by atoms with van der Waals surface area (Å²) in [5.41, 5.74) is 4.82. The Hall–Kier alpha value is -3.24. The Balaban J connectivity index is 1.64. The molecule has 4 aliphatic rings. The third kappa shape index (κ3) is 2.08. The van der Waals surface area contributed by atoms with E-state index in [1.165, 1.54) is 4.90 Å². The van der Waals surface area contributed by atoms with Gasteiger partial charge in [-0.1, -0.05) is 73.7 Å². The summed E-state index contributed by atoms with van der Waals surface area (Å²) >= 11 is 0. The summed E-state index contributed by atoms with van der Waals surface area (Å²) in [5.74, 6) is -1.64. The number of hydrogen-bond acceptors (Lipinski definition) is 3. The van der Waals surface area contributed by atoms with E-state index < -0.39 is 17.3 Å². The van der Waals surface area contributed by atoms with Crippen molar-refractivity contribution in [1.82, 2.24) is 0 Å². The molecule has 1 aliphatic heterocycles. The minimum absolute atomic E-state index is 0.150. The molecule has 2 bridgehead atoms. The molecule has 4 nitrogen and oxygen atoms in total. The van der Waals surface area contributed by atoms with Crippen LogP contribution in [0.1, 0.15) is 40.7 Å². The van der Waals surface area contributed by atoms with Crippen LogP contribution < -0.4 is 4.90 Å². The van der Waals surface area contributed by atoms with Crippen LogP contribution in [-0.4, -0.2) is 23.5 Å². The average Bonchev–Trinajstić information content (AvgIpc) is 3.09. The molecule has 1 fully saturated rings. The number of amides is 2. The lowest BCUT2D eigenvalue weighted by atomic mass is 9.47. The molecule has 0 unspecified atom stereocenters. The molecule has 154 valence electrons. The first-order valence-corrected chi connectivity index (χ1v) is 10.9. The molecule has 2 atom stereocenters. The lowest BCUT2D eigenvalue weighted by molar-refractivity contribution is -0.124. The van der Waals surface area contributed by atoms with Gasteiger partial charge in [0.15, 0.2) is 0 Å². The molecule has 3 aromatic rings. The molecule has 0 radical (unpaired) electrons. The van der Waals surface area contributed by atoms with Gasteiger partial charge in [0.05, 0.1) is 29.5 Å². The van der Waals surface area contributed by atoms with Crippen molar-refractivity contribution in [3.05, 3.63) is 101 Å². The molecule has 1 saturated heterocycles. The third-order valence-electron chi connectivity index (χ3n) is 7.66. The maximum atomic E-state index is 14.0. The van der Waals surface area contributed by atoms with Crippen LogP contribution in [0.15, 0.2) is 72.8 Å². The van der Waals surface area contributed by atoms with Crippen molar-refractivity contribution in [2.45, 2.75) is 24.7 Å². The highest BCUT2D eigenvalue weighted by Gasteiger charge is 2.68. The second-order valence-electron chi connectivity index (χ2n) is 8.78. The van der Waals surface area contributed by atoms with Crippen molar-refractivity contribution < 1.29 is 14.7 Å². The summed E-state index contributed by atoms with van der Waals surface area (Å²) in [4.78, 5) is 29.3. The Labute approximate surface area is 181 Å². The molecule has 31 heavy (non-hydrogen) atoms. The topological polar surface area (TPSA) is 57.6 Å². The lowest BCUT2D eigenvalue weighted by Gasteiger charge is -2.53. The van der Waals surface area contributed by atoms with Gasteiger partial charge >= 0.3 is 0 Å². The first-order chi connectivity index (χ1) is 15.1. The van der Waals surface area contributed by atoms with Crippen LogP contribution in [-0.2, 0) is 21.4 Å². The number of benzene rings is 3. The number of aryl methyl sites for hydroxylation is 1. The van der Waals surface area contributed by atoms with Crippen LogP contribution in [0.4, 0.5) is 5.69 Å². The number of carbonyl (C=O) groups is 2. The first-order valence-electron chi connectivity index (χ1n) is 10.9. The summed E-state index contributed by atoms with van der Waals surface area (Å²) in [6.45, 7) is 1.82. The van der Waals surface area contributed by atoms with Crippen molar-refractivity contribution in [3.8, 4) is 0 Å². The Kier molecular flexibility index (Phi) is 3.81. The number of para-hydroxylation sites is 1. The zero-order valence-electron chi connectivity index (χ0n) is 17.3. The van der Waals surface area contributed by atoms with Crippen LogP contribution in [0.25, 0.3) is 0 Å². The minimum Gasteiger partial charge on any atom is -0.395 e. The number of hydrogen-bond donors (Lipinski definition) is 1. The summed E-state index contributed by atoms with van der Waals surface area (Å²) < 4.78 is 0. The van der Waals surface area contributed by atoms with Gasteiger partial charge in [-0.3, -0.25) is 9.59 Å². The van der Waals surface area contributed by atoms with Crippen molar-refractivity contribution >= 4 is 17.5 Å². The lowest BCUT2D eigenvalue weighted by Crippen LogP contribution is -2.55. The number of rotatable bonds is 3. The molecule has 0 saturated carbocycles. The monoisotopic (exact) mass is 409 g/mol. The maximum absolute atomic E-state index is 14.0. The number of imide groups is 1. The van der Waals surface area contributed by atoms with Gasteiger partial charge in [0.2, 0.25) is 11.8 Å². The highest BCUT2D eigenvalue weighted by atomic mass is 16.3. The fourth-order valence-electron chi connectivity index (χ4n) is 6.46. The molecule has 1 heterocycles. The molecule has 1 N–H and O–H groups in total. The Morgan fingerprint density at radius 3 is 2.03 bits per heavy atom. The predicted molar refractivity (Wildman–Crippen MR) is 118 cm³/mol. The predicted octanol–water partition coefficient (Wildman–Crippen LogP) is 3.79. The smallest absolute Gasteiger partial charge is 0.239 e. The van der Waals surface area contributed by atoms with Gasteiger partial charge in [0.25, 0.3) is 0 Å². The molecular weight excluding hydrogens is 386 g/mol. The number of anilines is 1. The van der Waals surface area contributed by atoms with Crippen molar-refractivity contribution in [3.63, 3.8) is 0 Å². The van der Waals surface area contributed by atoms with Crippen LogP contribution in [0.3, 0.4) is 0 Å². The first kappa shape index (κ1) is 18.5. The molecule has 3 aliphatic carbocycles. The fraction of sp³-hybridized carbons (Fsp3) is 0.259. The summed E-state index contributed by atoms with van der Waals surface area (Å²) in [6.07, 6.45) is 0.734. The van der Waals surface area contributed by atoms with Gasteiger partial charge in [0, 0.05) is 5.92 Å². The number of carbonyl (C=O) groups excluding carboxylic acids is 2. The largest absolute Gasteiger partial charge is 0.395 e. The van der Waals surface area contributed by atoms with Crippen molar-refractivity contribution in [2.24, 2.45) is 11.8 Å². The van der Waals surface area contributed by atoms with E-state index >= 15 is 0 Å². The van der Waals surface area contributed by atoms with E-state index in [0.29, 0.717) is 5.69 Å². The van der Waals surface area contributed by atoms with E-state index in [9.17, 15) is 14.7 Å². The van der Waals surface area contributed by atoms with E-state index in [0.717, 1.165) is 34.2 Å². The van der Waals surface area contributed by atoms with E-state index in [2.05, 4.69) is 12.1 Å². The van der Waals surface area contributed by atoms with Gasteiger partial charge in [-0.25, -0.2) is 4.90 Å². The zero-order chi connectivity index (χ0) is 21.3. The van der Waals surface area contributed by atoms with Crippen LogP contribution in [0.2, 0.25) is 0 Å². The SMILES string of the molecule is CCc1ccccc1N1C(=O)[C@H]2C3c4ccccc4C(CO)(c4ccccc43)[C@H]2C1=O. The maximum Gasteiger partial charge on any atom is 0.239 e. The Morgan fingerprint density at radius 2 is 1.42 bits per heavy atom. The minimum atomic E-state index is -0.907. The molecule has 2 amide bonds. The Morgan fingerprint density at radius 1 is 0.839 bits per heavy atom. The molecule has 0 spiro atoms. The number of aliphatic hydroxyl groups excluding tert-OH is 1. The van der Waals surface area contributed by atoms with Gasteiger partial charge < -0.3 is 5.11 Å². The van der Waals surface area contributed by atoms with Crippen LogP contribution in [0.5, 0.6) is 0 Å². The van der Waals surface area contributed by atoms with Crippen molar-refractivity contribution in [2.75, 3.05) is 11.5 Å². The van der Waals surface area contributed by atoms with E-state index in [1.54, 1.807) is 0 Å². The fourth-order valence-corrected chi connectivity index (χ4v) is 6.46. The summed E-state index contributed by atoms with van der Waals surface area (Å²) in [7, 11) is 0. The van der Waals surface area contributed by atoms with Gasteiger partial charge in [-0.2, -0.15) is 0 Å². The van der Waals surface area contributed by atoms with E-state index in [-0.39, 0.29) is 24.3 Å². The average molecular weight is 409 g/mol. The van der Waals surface area contributed by atoms with Gasteiger partial charge in [-0.05, 0) is 40.3 Å². The van der Waals surface area contributed by atoms with E-state index in [1.807, 2.05) is 67.6 Å². The highest BCUT2D eigenvalue weighted by molar-refractivity contribution is 6.24. The van der Waals surface area contributed by atoms with Crippen LogP contribution in [0, 0.1) is 11.8 Å². The molecule has 7 rings (SSSR count). The third-order valence-corrected chi connectivity index (χ3v) is 7.66. The highest BCUT2D eigenvalue weighted by Crippen LogP contribution is 2.64. The zero-order valence-corrected chi connectivity index (χ0v) is 17.3. The van der Waals surface area contributed by atoms with Crippen molar-refractivity contribution in [1.29, 1.82) is 0 Å². The quantitative estimate of drug-likeness (QED) is 0.670. The summed E-state index contributed by atoms with van der Waals surface area (Å²) in [5, 5.41) is 10.9. The normalized spacial score (nSPS) is 27.8. The van der Waals surface area contributed by atoms with Crippen LogP contribution >= 0.6 is 0 Å². The summed E-state index contributed by atoms with van der Waals surface area (Å²) in [6, 6.07) is 23.7. The second kappa shape index (κ2) is 6.38. The second-order valence-corrected chi connectivity index (χ2v) is 8.78. The Bertz CT molecular complexity index is 1200. The molecule has 0 aromatic heterocycles. The number of nitrogens with zero attached hydrogens (tertiary/aromatic N) is 1. The van der Waals surface area contributed by atoms with E-state index in [4.69, 9.17) is 0 Å². The standard InChI is InChI=1S/C27H23NO3/c1-2-16-9-3-8-14-21(16)28-25(30)23-22-17-10-4-6-12-19(17)27(15-29,24(23)26(28)31)20-13-7-5-11-18(20)22/h3-14,22-24,29H,2,15H2,1H3/t22?,23-,24+,27?/m0/s1.